The minimum Gasteiger partial charge on any atom is -0.379 e. The maximum absolute atomic E-state index is 12.2. The monoisotopic (exact) mass is 261 g/mol. The van der Waals surface area contributed by atoms with E-state index in [4.69, 9.17) is 14.7 Å². The molecule has 96 valence electrons. The van der Waals surface area contributed by atoms with Crippen molar-refractivity contribution in [2.24, 2.45) is 0 Å². The van der Waals surface area contributed by atoms with Crippen LogP contribution in [0.3, 0.4) is 0 Å². The third-order valence-corrected chi connectivity index (χ3v) is 4.80. The Bertz CT molecular complexity index is 399. The standard InChI is InChI=1S/C9H15N3O4S/c10-7-9-8-12(3-6-16-9)17(13,14)11-1-4-15-5-2-11/h9H,1-6,8H2. The molecule has 1 unspecified atom stereocenters. The van der Waals surface area contributed by atoms with Gasteiger partial charge in [0.15, 0.2) is 6.10 Å². The van der Waals surface area contributed by atoms with Crippen LogP contribution in [-0.2, 0) is 19.7 Å². The molecule has 0 amide bonds. The van der Waals surface area contributed by atoms with Crippen molar-refractivity contribution in [1.29, 1.82) is 5.26 Å². The Morgan fingerprint density at radius 2 is 1.76 bits per heavy atom. The molecule has 2 saturated heterocycles. The van der Waals surface area contributed by atoms with Gasteiger partial charge in [-0.2, -0.15) is 22.3 Å². The molecule has 0 N–H and O–H groups in total. The van der Waals surface area contributed by atoms with E-state index in [2.05, 4.69) is 0 Å². The van der Waals surface area contributed by atoms with Crippen molar-refractivity contribution in [2.45, 2.75) is 6.10 Å². The number of hydrogen-bond acceptors (Lipinski definition) is 5. The largest absolute Gasteiger partial charge is 0.379 e. The normalized spacial score (nSPS) is 28.8. The summed E-state index contributed by atoms with van der Waals surface area (Å²) in [5, 5.41) is 8.75. The minimum absolute atomic E-state index is 0.107. The average Bonchev–Trinajstić information content (AvgIpc) is 2.40. The van der Waals surface area contributed by atoms with Crippen molar-refractivity contribution in [3.63, 3.8) is 0 Å². The molecule has 0 bridgehead atoms. The first-order chi connectivity index (χ1) is 8.14. The molecule has 2 fully saturated rings. The molecule has 0 spiro atoms. The first kappa shape index (κ1) is 12.7. The fourth-order valence-electron chi connectivity index (χ4n) is 1.85. The molecule has 8 heteroatoms. The maximum Gasteiger partial charge on any atom is 0.282 e. The molecule has 0 aromatic carbocycles. The van der Waals surface area contributed by atoms with Crippen molar-refractivity contribution in [3.8, 4) is 6.07 Å². The second-order valence-electron chi connectivity index (χ2n) is 3.87. The van der Waals surface area contributed by atoms with Crippen molar-refractivity contribution in [2.75, 3.05) is 46.0 Å². The van der Waals surface area contributed by atoms with E-state index in [0.717, 1.165) is 0 Å². The van der Waals surface area contributed by atoms with Crippen LogP contribution in [0.1, 0.15) is 0 Å². The molecule has 0 saturated carbocycles. The summed E-state index contributed by atoms with van der Waals surface area (Å²) in [6, 6.07) is 1.94. The first-order valence-corrected chi connectivity index (χ1v) is 6.88. The highest BCUT2D eigenvalue weighted by Gasteiger charge is 2.34. The maximum atomic E-state index is 12.2. The van der Waals surface area contributed by atoms with Gasteiger partial charge in [0.25, 0.3) is 10.2 Å². The Morgan fingerprint density at radius 3 is 2.41 bits per heavy atom. The van der Waals surface area contributed by atoms with Gasteiger partial charge in [-0.3, -0.25) is 0 Å². The molecule has 0 aromatic rings. The summed E-state index contributed by atoms with van der Waals surface area (Å²) in [6.07, 6.45) is -0.667. The Hall–Kier alpha value is -0.720. The lowest BCUT2D eigenvalue weighted by atomic mass is 10.3. The number of rotatable bonds is 2. The molecule has 2 heterocycles. The van der Waals surface area contributed by atoms with E-state index >= 15 is 0 Å². The molecular weight excluding hydrogens is 246 g/mol. The van der Waals surface area contributed by atoms with E-state index in [1.165, 1.54) is 8.61 Å². The Kier molecular flexibility index (Phi) is 3.96. The zero-order valence-electron chi connectivity index (χ0n) is 9.41. The van der Waals surface area contributed by atoms with Gasteiger partial charge in [-0.25, -0.2) is 0 Å². The van der Waals surface area contributed by atoms with Crippen LogP contribution in [0.4, 0.5) is 0 Å². The minimum atomic E-state index is -3.47. The molecular formula is C9H15N3O4S. The zero-order chi connectivity index (χ0) is 12.3. The van der Waals surface area contributed by atoms with Gasteiger partial charge in [-0.05, 0) is 0 Å². The third-order valence-electron chi connectivity index (χ3n) is 2.80. The lowest BCUT2D eigenvalue weighted by Gasteiger charge is -2.35. The summed E-state index contributed by atoms with van der Waals surface area (Å²) in [7, 11) is -3.47. The van der Waals surface area contributed by atoms with E-state index in [0.29, 0.717) is 32.8 Å². The van der Waals surface area contributed by atoms with E-state index in [1.54, 1.807) is 0 Å². The summed E-state index contributed by atoms with van der Waals surface area (Å²) in [5.74, 6) is 0. The Balaban J connectivity index is 2.06. The second-order valence-corrected chi connectivity index (χ2v) is 5.79. The van der Waals surface area contributed by atoms with Gasteiger partial charge in [-0.1, -0.05) is 0 Å². The third kappa shape index (κ3) is 2.75. The van der Waals surface area contributed by atoms with E-state index in [1.807, 2.05) is 6.07 Å². The fourth-order valence-corrected chi connectivity index (χ4v) is 3.42. The van der Waals surface area contributed by atoms with Crippen LogP contribution < -0.4 is 0 Å². The number of nitriles is 1. The highest BCUT2D eigenvalue weighted by Crippen LogP contribution is 2.15. The number of hydrogen-bond donors (Lipinski definition) is 0. The van der Waals surface area contributed by atoms with E-state index < -0.39 is 16.3 Å². The van der Waals surface area contributed by atoms with Gasteiger partial charge in [0.1, 0.15) is 0 Å². The number of morpholine rings is 2. The number of nitrogens with zero attached hydrogens (tertiary/aromatic N) is 3. The van der Waals surface area contributed by atoms with Crippen molar-refractivity contribution in [1.82, 2.24) is 8.61 Å². The van der Waals surface area contributed by atoms with E-state index in [-0.39, 0.29) is 13.2 Å². The Labute approximate surface area is 101 Å². The quantitative estimate of drug-likeness (QED) is 0.622. The molecule has 2 rings (SSSR count). The van der Waals surface area contributed by atoms with Crippen molar-refractivity contribution in [3.05, 3.63) is 0 Å². The predicted octanol–water partition coefficient (Wildman–Crippen LogP) is -1.21. The molecule has 0 aliphatic carbocycles. The van der Waals surface area contributed by atoms with Crippen LogP contribution in [0.2, 0.25) is 0 Å². The van der Waals surface area contributed by atoms with Gasteiger partial charge in [0.05, 0.1) is 32.4 Å². The fraction of sp³-hybridized carbons (Fsp3) is 0.889. The molecule has 2 aliphatic heterocycles. The van der Waals surface area contributed by atoms with Crippen LogP contribution in [0.15, 0.2) is 0 Å². The van der Waals surface area contributed by atoms with Gasteiger partial charge in [0.2, 0.25) is 0 Å². The highest BCUT2D eigenvalue weighted by atomic mass is 32.2. The summed E-state index contributed by atoms with van der Waals surface area (Å²) < 4.78 is 37.4. The SMILES string of the molecule is N#CC1CN(S(=O)(=O)N2CCOCC2)CCO1. The highest BCUT2D eigenvalue weighted by molar-refractivity contribution is 7.86. The van der Waals surface area contributed by atoms with Crippen LogP contribution in [0.5, 0.6) is 0 Å². The van der Waals surface area contributed by atoms with Gasteiger partial charge < -0.3 is 9.47 Å². The molecule has 0 aromatic heterocycles. The van der Waals surface area contributed by atoms with Crippen LogP contribution in [-0.4, -0.2) is 69.1 Å². The van der Waals surface area contributed by atoms with Gasteiger partial charge in [-0.15, -0.1) is 0 Å². The molecule has 17 heavy (non-hydrogen) atoms. The molecule has 2 aliphatic rings. The summed E-state index contributed by atoms with van der Waals surface area (Å²) in [6.45, 7) is 2.26. The van der Waals surface area contributed by atoms with Crippen molar-refractivity contribution >= 4 is 10.2 Å². The Morgan fingerprint density at radius 1 is 1.12 bits per heavy atom. The van der Waals surface area contributed by atoms with Gasteiger partial charge >= 0.3 is 0 Å². The van der Waals surface area contributed by atoms with Gasteiger partial charge in [0, 0.05) is 19.6 Å². The number of ether oxygens (including phenoxy) is 2. The predicted molar refractivity (Wildman–Crippen MR) is 58.2 cm³/mol. The average molecular weight is 261 g/mol. The van der Waals surface area contributed by atoms with Crippen LogP contribution in [0.25, 0.3) is 0 Å². The van der Waals surface area contributed by atoms with Crippen LogP contribution in [0, 0.1) is 11.3 Å². The lowest BCUT2D eigenvalue weighted by Crippen LogP contribution is -2.53. The molecule has 7 nitrogen and oxygen atoms in total. The smallest absolute Gasteiger partial charge is 0.282 e. The summed E-state index contributed by atoms with van der Waals surface area (Å²) >= 11 is 0. The topological polar surface area (TPSA) is 82.9 Å². The lowest BCUT2D eigenvalue weighted by molar-refractivity contribution is 0.0249. The molecule has 1 atom stereocenters. The van der Waals surface area contributed by atoms with Crippen LogP contribution >= 0.6 is 0 Å². The summed E-state index contributed by atoms with van der Waals surface area (Å²) in [4.78, 5) is 0. The zero-order valence-corrected chi connectivity index (χ0v) is 10.2. The van der Waals surface area contributed by atoms with E-state index in [9.17, 15) is 8.42 Å². The molecule has 0 radical (unpaired) electrons. The summed E-state index contributed by atoms with van der Waals surface area (Å²) in [5.41, 5.74) is 0. The first-order valence-electron chi connectivity index (χ1n) is 5.49. The van der Waals surface area contributed by atoms with Crippen molar-refractivity contribution < 1.29 is 17.9 Å². The second kappa shape index (κ2) is 5.29.